The Bertz CT molecular complexity index is 1180. The monoisotopic (exact) mass is 492 g/mol. The molecule has 3 aromatic rings. The third-order valence-corrected chi connectivity index (χ3v) is 4.55. The van der Waals surface area contributed by atoms with Gasteiger partial charge in [-0.1, -0.05) is 6.07 Å². The molecule has 8 heteroatoms. The fourth-order valence-corrected chi connectivity index (χ4v) is 3.07. The molecule has 0 aliphatic heterocycles. The Balaban J connectivity index is 1.72. The third-order valence-electron chi connectivity index (χ3n) is 4.55. The van der Waals surface area contributed by atoms with Crippen molar-refractivity contribution in [2.45, 2.75) is 52.7 Å². The molecule has 36 heavy (non-hydrogen) atoms. The molecular formula is C28H32N2O6. The molecule has 0 bridgehead atoms. The van der Waals surface area contributed by atoms with Crippen LogP contribution in [0.3, 0.4) is 0 Å². The summed E-state index contributed by atoms with van der Waals surface area (Å²) in [7, 11) is 0. The van der Waals surface area contributed by atoms with Crippen LogP contribution in [0.25, 0.3) is 0 Å². The molecule has 3 rings (SSSR count). The fourth-order valence-electron chi connectivity index (χ4n) is 3.07. The van der Waals surface area contributed by atoms with E-state index in [-0.39, 0.29) is 11.4 Å². The minimum atomic E-state index is -0.610. The Kier molecular flexibility index (Phi) is 7.48. The summed E-state index contributed by atoms with van der Waals surface area (Å²) in [5.41, 5.74) is 12.2. The molecule has 0 aromatic heterocycles. The summed E-state index contributed by atoms with van der Waals surface area (Å²) in [6.45, 7) is 10.8. The Morgan fingerprint density at radius 2 is 1.00 bits per heavy atom. The molecule has 0 heterocycles. The zero-order chi connectivity index (χ0) is 26.7. The number of anilines is 2. The number of esters is 2. The van der Waals surface area contributed by atoms with Gasteiger partial charge in [0.05, 0.1) is 22.5 Å². The quantitative estimate of drug-likeness (QED) is 0.301. The van der Waals surface area contributed by atoms with Crippen LogP contribution in [-0.4, -0.2) is 23.1 Å². The lowest BCUT2D eigenvalue weighted by Gasteiger charge is -2.20. The maximum atomic E-state index is 12.3. The molecule has 0 fully saturated rings. The summed E-state index contributed by atoms with van der Waals surface area (Å²) >= 11 is 0. The number of ether oxygens (including phenoxy) is 4. The van der Waals surface area contributed by atoms with Gasteiger partial charge in [-0.3, -0.25) is 0 Å². The Morgan fingerprint density at radius 1 is 0.611 bits per heavy atom. The summed E-state index contributed by atoms with van der Waals surface area (Å²) in [6.07, 6.45) is 0. The predicted octanol–water partition coefficient (Wildman–Crippen LogP) is 6.35. The first kappa shape index (κ1) is 26.4. The average Bonchev–Trinajstić information content (AvgIpc) is 2.74. The van der Waals surface area contributed by atoms with Gasteiger partial charge in [0.2, 0.25) is 0 Å². The van der Waals surface area contributed by atoms with Crippen LogP contribution in [0, 0.1) is 0 Å². The minimum Gasteiger partial charge on any atom is -0.456 e. The van der Waals surface area contributed by atoms with Gasteiger partial charge in [-0.05, 0) is 90.1 Å². The smallest absolute Gasteiger partial charge is 0.338 e. The van der Waals surface area contributed by atoms with E-state index in [1.807, 2.05) is 0 Å². The first-order valence-electron chi connectivity index (χ1n) is 11.4. The molecule has 0 atom stereocenters. The highest BCUT2D eigenvalue weighted by atomic mass is 16.6. The molecule has 3 aromatic carbocycles. The average molecular weight is 493 g/mol. The summed E-state index contributed by atoms with van der Waals surface area (Å²) in [6, 6.07) is 16.3. The third kappa shape index (κ3) is 7.40. The molecule has 0 unspecified atom stereocenters. The van der Waals surface area contributed by atoms with E-state index in [9.17, 15) is 9.59 Å². The van der Waals surface area contributed by atoms with E-state index in [2.05, 4.69) is 0 Å². The molecule has 0 saturated heterocycles. The van der Waals surface area contributed by atoms with Gasteiger partial charge in [0.25, 0.3) is 0 Å². The maximum absolute atomic E-state index is 12.3. The molecular weight excluding hydrogens is 460 g/mol. The number of hydrogen-bond donors (Lipinski definition) is 2. The second kappa shape index (κ2) is 10.2. The van der Waals surface area contributed by atoms with Crippen molar-refractivity contribution in [3.05, 3.63) is 71.8 Å². The van der Waals surface area contributed by atoms with Crippen LogP contribution in [0.1, 0.15) is 62.3 Å². The van der Waals surface area contributed by atoms with Crippen LogP contribution >= 0.6 is 0 Å². The van der Waals surface area contributed by atoms with Gasteiger partial charge in [0, 0.05) is 6.07 Å². The molecule has 190 valence electrons. The summed E-state index contributed by atoms with van der Waals surface area (Å²) in [5.74, 6) is 0.751. The van der Waals surface area contributed by atoms with Crippen LogP contribution in [-0.2, 0) is 9.47 Å². The Morgan fingerprint density at radius 3 is 1.33 bits per heavy atom. The highest BCUT2D eigenvalue weighted by Gasteiger charge is 2.20. The number of nitrogen functional groups attached to an aromatic ring is 2. The van der Waals surface area contributed by atoms with Crippen LogP contribution in [0.4, 0.5) is 11.4 Å². The second-order valence-electron chi connectivity index (χ2n) is 10.2. The number of carbonyl (C=O) groups is 2. The Labute approximate surface area is 211 Å². The summed E-state index contributed by atoms with van der Waals surface area (Å²) < 4.78 is 22.5. The van der Waals surface area contributed by atoms with E-state index in [4.69, 9.17) is 30.4 Å². The zero-order valence-electron chi connectivity index (χ0n) is 21.4. The maximum Gasteiger partial charge on any atom is 0.338 e. The Hall–Kier alpha value is -4.20. The number of rotatable bonds is 6. The molecule has 8 nitrogen and oxygen atoms in total. The van der Waals surface area contributed by atoms with Gasteiger partial charge in [0.15, 0.2) is 0 Å². The summed E-state index contributed by atoms with van der Waals surface area (Å²) in [4.78, 5) is 24.6. The van der Waals surface area contributed by atoms with Crippen molar-refractivity contribution in [3.8, 4) is 23.0 Å². The van der Waals surface area contributed by atoms with Crippen LogP contribution < -0.4 is 20.9 Å². The number of carbonyl (C=O) groups excluding carboxylic acids is 2. The highest BCUT2D eigenvalue weighted by Crippen LogP contribution is 2.34. The van der Waals surface area contributed by atoms with Gasteiger partial charge < -0.3 is 30.4 Å². The lowest BCUT2D eigenvalue weighted by Crippen LogP contribution is -2.23. The van der Waals surface area contributed by atoms with Crippen LogP contribution in [0.2, 0.25) is 0 Å². The van der Waals surface area contributed by atoms with Crippen molar-refractivity contribution in [2.24, 2.45) is 0 Å². The van der Waals surface area contributed by atoms with Gasteiger partial charge in [-0.2, -0.15) is 0 Å². The van der Waals surface area contributed by atoms with Gasteiger partial charge in [-0.25, -0.2) is 9.59 Å². The lowest BCUT2D eigenvalue weighted by atomic mass is 10.1. The minimum absolute atomic E-state index is 0.284. The molecule has 0 saturated carbocycles. The van der Waals surface area contributed by atoms with E-state index in [0.717, 1.165) is 0 Å². The number of benzene rings is 3. The van der Waals surface area contributed by atoms with Gasteiger partial charge in [-0.15, -0.1) is 0 Å². The largest absolute Gasteiger partial charge is 0.456 e. The van der Waals surface area contributed by atoms with E-state index in [1.165, 1.54) is 12.1 Å². The molecule has 0 spiro atoms. The summed E-state index contributed by atoms with van der Waals surface area (Å²) in [5, 5.41) is 0. The van der Waals surface area contributed by atoms with Crippen molar-refractivity contribution in [1.29, 1.82) is 0 Å². The van der Waals surface area contributed by atoms with Gasteiger partial charge in [0.1, 0.15) is 34.2 Å². The molecule has 0 aliphatic rings. The number of nitrogens with two attached hydrogens (primary N) is 2. The molecule has 0 radical (unpaired) electrons. The van der Waals surface area contributed by atoms with E-state index in [0.29, 0.717) is 34.1 Å². The fraction of sp³-hybridized carbons (Fsp3) is 0.286. The molecule has 4 N–H and O–H groups in total. The molecule has 0 amide bonds. The standard InChI is InChI=1S/C28H32N2O6/c1-27(2,3)35-25(31)17-10-12-23(21(29)14-17)33-19-8-7-9-20(16-19)34-24-13-11-18(15-22(24)30)26(32)36-28(4,5)6/h7-16H,29-30H2,1-6H3. The van der Waals surface area contributed by atoms with E-state index < -0.39 is 23.1 Å². The second-order valence-corrected chi connectivity index (χ2v) is 10.2. The van der Waals surface area contributed by atoms with Gasteiger partial charge >= 0.3 is 11.9 Å². The number of hydrogen-bond acceptors (Lipinski definition) is 8. The lowest BCUT2D eigenvalue weighted by molar-refractivity contribution is 0.00570. The van der Waals surface area contributed by atoms with Crippen molar-refractivity contribution in [2.75, 3.05) is 11.5 Å². The highest BCUT2D eigenvalue weighted by molar-refractivity contribution is 5.92. The predicted molar refractivity (Wildman–Crippen MR) is 139 cm³/mol. The first-order chi connectivity index (χ1) is 16.7. The SMILES string of the molecule is CC(C)(C)OC(=O)c1ccc(Oc2cccc(Oc3ccc(C(=O)OC(C)(C)C)cc3N)c2)c(N)c1. The first-order valence-corrected chi connectivity index (χ1v) is 11.4. The van der Waals surface area contributed by atoms with Crippen LogP contribution in [0.15, 0.2) is 60.7 Å². The van der Waals surface area contributed by atoms with E-state index >= 15 is 0 Å². The van der Waals surface area contributed by atoms with Crippen molar-refractivity contribution < 1.29 is 28.5 Å². The topological polar surface area (TPSA) is 123 Å². The van der Waals surface area contributed by atoms with Crippen molar-refractivity contribution in [1.82, 2.24) is 0 Å². The van der Waals surface area contributed by atoms with E-state index in [1.54, 1.807) is 90.1 Å². The zero-order valence-corrected chi connectivity index (χ0v) is 21.4. The molecule has 0 aliphatic carbocycles. The van der Waals surface area contributed by atoms with Crippen molar-refractivity contribution in [3.63, 3.8) is 0 Å². The van der Waals surface area contributed by atoms with Crippen molar-refractivity contribution >= 4 is 23.3 Å². The van der Waals surface area contributed by atoms with Crippen LogP contribution in [0.5, 0.6) is 23.0 Å². The normalized spacial score (nSPS) is 11.5.